The molecule has 0 spiro atoms. The lowest BCUT2D eigenvalue weighted by atomic mass is 9.72. The number of halogens is 1. The third-order valence-electron chi connectivity index (χ3n) is 7.55. The first-order valence-electron chi connectivity index (χ1n) is 12.3. The van der Waals surface area contributed by atoms with Gasteiger partial charge in [0, 0.05) is 17.5 Å². The van der Waals surface area contributed by atoms with Gasteiger partial charge in [-0.2, -0.15) is 0 Å². The van der Waals surface area contributed by atoms with E-state index in [9.17, 15) is 14.0 Å². The van der Waals surface area contributed by atoms with Crippen molar-refractivity contribution in [3.8, 4) is 0 Å². The fourth-order valence-corrected chi connectivity index (χ4v) is 5.77. The third-order valence-corrected chi connectivity index (χ3v) is 7.55. The standard InChI is InChI=1S/C29H29FN2O3/c1-2-6-24(28(33)32-27(18-35-29(32)34)21-7-4-3-5-8-21)20-11-9-19(10-12-20)23-15-16-31-26-14-13-22(30)17-25(23)26/h2-5,7-8,13-17,19-20,24,27H,1,6,9-12,18H2/t19-,20+,24-,27+/m1/s1. The Morgan fingerprint density at radius 1 is 1.14 bits per heavy atom. The molecule has 1 saturated heterocycles. The molecular formula is C29H29FN2O3. The van der Waals surface area contributed by atoms with Crippen LogP contribution < -0.4 is 0 Å². The van der Waals surface area contributed by atoms with Gasteiger partial charge in [-0.15, -0.1) is 6.58 Å². The van der Waals surface area contributed by atoms with Crippen LogP contribution in [0.25, 0.3) is 10.9 Å². The molecule has 2 aliphatic rings. The van der Waals surface area contributed by atoms with E-state index >= 15 is 0 Å². The molecule has 2 aromatic carbocycles. The number of pyridine rings is 1. The zero-order chi connectivity index (χ0) is 24.4. The van der Waals surface area contributed by atoms with Crippen molar-refractivity contribution in [1.29, 1.82) is 0 Å². The molecular weight excluding hydrogens is 443 g/mol. The lowest BCUT2D eigenvalue weighted by Gasteiger charge is -2.35. The third kappa shape index (κ3) is 4.57. The average Bonchev–Trinajstić information content (AvgIpc) is 3.28. The quantitative estimate of drug-likeness (QED) is 0.381. The fraction of sp³-hybridized carbons (Fsp3) is 0.345. The number of aromatic nitrogens is 1. The fourth-order valence-electron chi connectivity index (χ4n) is 5.77. The predicted molar refractivity (Wildman–Crippen MR) is 132 cm³/mol. The number of allylic oxidation sites excluding steroid dienone is 1. The number of nitrogens with zero attached hydrogens (tertiary/aromatic N) is 2. The molecule has 2 amide bonds. The predicted octanol–water partition coefficient (Wildman–Crippen LogP) is 6.56. The molecule has 1 aromatic heterocycles. The summed E-state index contributed by atoms with van der Waals surface area (Å²) in [6.07, 6.45) is 7.00. The summed E-state index contributed by atoms with van der Waals surface area (Å²) >= 11 is 0. The van der Waals surface area contributed by atoms with Crippen LogP contribution >= 0.6 is 0 Å². The second-order valence-corrected chi connectivity index (χ2v) is 9.52. The number of hydrogen-bond donors (Lipinski definition) is 0. The molecule has 5 nitrogen and oxygen atoms in total. The van der Waals surface area contributed by atoms with E-state index < -0.39 is 12.1 Å². The molecule has 35 heavy (non-hydrogen) atoms. The second kappa shape index (κ2) is 9.98. The maximum absolute atomic E-state index is 13.9. The highest BCUT2D eigenvalue weighted by Gasteiger charge is 2.43. The number of benzene rings is 2. The Morgan fingerprint density at radius 3 is 2.66 bits per heavy atom. The van der Waals surface area contributed by atoms with E-state index in [-0.39, 0.29) is 36.1 Å². The maximum atomic E-state index is 13.9. The summed E-state index contributed by atoms with van der Waals surface area (Å²) in [6, 6.07) is 15.9. The van der Waals surface area contributed by atoms with Crippen molar-refractivity contribution >= 4 is 22.9 Å². The van der Waals surface area contributed by atoms with Crippen LogP contribution in [0.3, 0.4) is 0 Å². The normalized spacial score (nSPS) is 23.2. The Bertz CT molecular complexity index is 1240. The minimum absolute atomic E-state index is 0.145. The largest absolute Gasteiger partial charge is 0.446 e. The summed E-state index contributed by atoms with van der Waals surface area (Å²) in [5.41, 5.74) is 2.81. The van der Waals surface area contributed by atoms with Gasteiger partial charge in [0.25, 0.3) is 0 Å². The Balaban J connectivity index is 1.34. The molecule has 3 aromatic rings. The molecule has 1 aliphatic heterocycles. The molecule has 0 bridgehead atoms. The molecule has 2 atom stereocenters. The first-order valence-corrected chi connectivity index (χ1v) is 12.3. The number of carbonyl (C=O) groups is 2. The van der Waals surface area contributed by atoms with Crippen molar-refractivity contribution in [2.45, 2.75) is 44.1 Å². The molecule has 5 rings (SSSR count). The Morgan fingerprint density at radius 2 is 1.91 bits per heavy atom. The Kier molecular flexibility index (Phi) is 6.62. The van der Waals surface area contributed by atoms with Crippen molar-refractivity contribution in [3.63, 3.8) is 0 Å². The van der Waals surface area contributed by atoms with Crippen LogP contribution in [0.5, 0.6) is 0 Å². The van der Waals surface area contributed by atoms with Gasteiger partial charge in [0.2, 0.25) is 5.91 Å². The van der Waals surface area contributed by atoms with Gasteiger partial charge < -0.3 is 4.74 Å². The molecule has 180 valence electrons. The highest BCUT2D eigenvalue weighted by atomic mass is 19.1. The van der Waals surface area contributed by atoms with E-state index in [0.717, 1.165) is 47.7 Å². The molecule has 2 heterocycles. The summed E-state index contributed by atoms with van der Waals surface area (Å²) in [6.45, 7) is 4.05. The lowest BCUT2D eigenvalue weighted by molar-refractivity contribution is -0.135. The SMILES string of the molecule is C=CC[C@@H](C(=O)N1C(=O)OC[C@H]1c1ccccc1)[C@H]1CC[C@@H](c2ccnc3ccc(F)cc32)CC1. The molecule has 0 N–H and O–H groups in total. The minimum atomic E-state index is -0.572. The molecule has 1 aliphatic carbocycles. The molecule has 0 unspecified atom stereocenters. The number of rotatable bonds is 6. The van der Waals surface area contributed by atoms with Crippen LogP contribution in [-0.4, -0.2) is 28.5 Å². The lowest BCUT2D eigenvalue weighted by Crippen LogP contribution is -2.41. The van der Waals surface area contributed by atoms with Gasteiger partial charge >= 0.3 is 6.09 Å². The van der Waals surface area contributed by atoms with Crippen LogP contribution in [0.4, 0.5) is 9.18 Å². The second-order valence-electron chi connectivity index (χ2n) is 9.52. The van der Waals surface area contributed by atoms with E-state index in [0.29, 0.717) is 6.42 Å². The first kappa shape index (κ1) is 23.2. The summed E-state index contributed by atoms with van der Waals surface area (Å²) in [5.74, 6) is -0.334. The van der Waals surface area contributed by atoms with Gasteiger partial charge in [0.05, 0.1) is 5.52 Å². The van der Waals surface area contributed by atoms with E-state index in [4.69, 9.17) is 4.74 Å². The Labute approximate surface area is 204 Å². The molecule has 6 heteroatoms. The van der Waals surface area contributed by atoms with Crippen molar-refractivity contribution in [2.75, 3.05) is 6.61 Å². The van der Waals surface area contributed by atoms with E-state index in [1.54, 1.807) is 24.4 Å². The number of hydrogen-bond acceptors (Lipinski definition) is 4. The topological polar surface area (TPSA) is 59.5 Å². The monoisotopic (exact) mass is 472 g/mol. The van der Waals surface area contributed by atoms with Crippen molar-refractivity contribution in [1.82, 2.24) is 9.88 Å². The van der Waals surface area contributed by atoms with Crippen LogP contribution in [0.15, 0.2) is 73.4 Å². The van der Waals surface area contributed by atoms with Gasteiger partial charge in [0.1, 0.15) is 18.5 Å². The highest BCUT2D eigenvalue weighted by molar-refractivity contribution is 5.95. The van der Waals surface area contributed by atoms with Crippen LogP contribution in [0.2, 0.25) is 0 Å². The smallest absolute Gasteiger partial charge is 0.417 e. The summed E-state index contributed by atoms with van der Waals surface area (Å²) in [5, 5.41) is 0.861. The van der Waals surface area contributed by atoms with E-state index in [1.165, 1.54) is 11.0 Å². The van der Waals surface area contributed by atoms with Crippen LogP contribution in [0, 0.1) is 17.7 Å². The number of fused-ring (bicyclic) bond motifs is 1. The minimum Gasteiger partial charge on any atom is -0.446 e. The van der Waals surface area contributed by atoms with Crippen LogP contribution in [-0.2, 0) is 9.53 Å². The van der Waals surface area contributed by atoms with Crippen molar-refractivity contribution in [3.05, 3.63) is 90.4 Å². The zero-order valence-electron chi connectivity index (χ0n) is 19.6. The summed E-state index contributed by atoms with van der Waals surface area (Å²) in [7, 11) is 0. The first-order chi connectivity index (χ1) is 17.1. The van der Waals surface area contributed by atoms with E-state index in [1.807, 2.05) is 36.4 Å². The maximum Gasteiger partial charge on any atom is 0.417 e. The molecule has 0 radical (unpaired) electrons. The van der Waals surface area contributed by atoms with Gasteiger partial charge in [-0.3, -0.25) is 9.78 Å². The van der Waals surface area contributed by atoms with Crippen molar-refractivity contribution < 1.29 is 18.7 Å². The number of amides is 2. The number of imide groups is 1. The van der Waals surface area contributed by atoms with E-state index in [2.05, 4.69) is 11.6 Å². The number of ether oxygens (including phenoxy) is 1. The van der Waals surface area contributed by atoms with Gasteiger partial charge in [-0.1, -0.05) is 36.4 Å². The summed E-state index contributed by atoms with van der Waals surface area (Å²) < 4.78 is 19.2. The number of carbonyl (C=O) groups excluding carboxylic acids is 2. The van der Waals surface area contributed by atoms with Gasteiger partial charge in [-0.05, 0) is 79.3 Å². The average molecular weight is 473 g/mol. The zero-order valence-corrected chi connectivity index (χ0v) is 19.6. The summed E-state index contributed by atoms with van der Waals surface area (Å²) in [4.78, 5) is 32.0. The number of cyclic esters (lactones) is 1. The Hall–Kier alpha value is -3.54. The highest BCUT2D eigenvalue weighted by Crippen LogP contribution is 2.43. The van der Waals surface area contributed by atoms with Gasteiger partial charge in [-0.25, -0.2) is 14.1 Å². The van der Waals surface area contributed by atoms with Crippen molar-refractivity contribution in [2.24, 2.45) is 11.8 Å². The molecule has 1 saturated carbocycles. The molecule has 2 fully saturated rings. The van der Waals surface area contributed by atoms with Crippen LogP contribution in [0.1, 0.15) is 55.2 Å². The van der Waals surface area contributed by atoms with Gasteiger partial charge in [0.15, 0.2) is 0 Å².